The molecule has 0 spiro atoms. The van der Waals surface area contributed by atoms with Crippen LogP contribution in [-0.4, -0.2) is 45.8 Å². The molecule has 1 atom stereocenters. The van der Waals surface area contributed by atoms with Gasteiger partial charge in [-0.25, -0.2) is 14.8 Å². The molecule has 0 aliphatic carbocycles. The second-order valence-electron chi connectivity index (χ2n) is 5.57. The highest BCUT2D eigenvalue weighted by atomic mass is 16.5. The molecule has 1 aromatic rings. The van der Waals surface area contributed by atoms with Gasteiger partial charge >= 0.3 is 5.97 Å². The van der Waals surface area contributed by atoms with Crippen molar-refractivity contribution in [3.63, 3.8) is 0 Å². The normalized spacial score (nSPS) is 22.3. The first-order valence-corrected chi connectivity index (χ1v) is 6.28. The summed E-state index contributed by atoms with van der Waals surface area (Å²) in [5.74, 6) is -0.576. The fourth-order valence-corrected chi connectivity index (χ4v) is 2.41. The number of aromatic carboxylic acids is 1. The van der Waals surface area contributed by atoms with Crippen molar-refractivity contribution in [3.05, 3.63) is 17.5 Å². The van der Waals surface area contributed by atoms with E-state index in [-0.39, 0.29) is 17.4 Å². The molecule has 19 heavy (non-hydrogen) atoms. The zero-order valence-corrected chi connectivity index (χ0v) is 11.7. The molecule has 0 radical (unpaired) electrons. The van der Waals surface area contributed by atoms with E-state index in [1.807, 2.05) is 25.7 Å². The number of hydrogen-bond acceptors (Lipinski definition) is 5. The summed E-state index contributed by atoms with van der Waals surface area (Å²) in [5.41, 5.74) is 0.382. The first kappa shape index (κ1) is 13.7. The third-order valence-electron chi connectivity index (χ3n) is 2.91. The summed E-state index contributed by atoms with van der Waals surface area (Å²) in [4.78, 5) is 21.5. The lowest BCUT2D eigenvalue weighted by atomic mass is 10.1. The van der Waals surface area contributed by atoms with Crippen LogP contribution in [0.25, 0.3) is 0 Å². The second-order valence-corrected chi connectivity index (χ2v) is 5.57. The first-order valence-electron chi connectivity index (χ1n) is 6.28. The van der Waals surface area contributed by atoms with E-state index >= 15 is 0 Å². The van der Waals surface area contributed by atoms with E-state index in [9.17, 15) is 4.79 Å². The first-order chi connectivity index (χ1) is 8.77. The van der Waals surface area contributed by atoms with Crippen LogP contribution in [0.4, 0.5) is 5.95 Å². The van der Waals surface area contributed by atoms with Crippen molar-refractivity contribution in [2.75, 3.05) is 18.0 Å². The average molecular weight is 265 g/mol. The number of aromatic nitrogens is 2. The third-order valence-corrected chi connectivity index (χ3v) is 2.91. The van der Waals surface area contributed by atoms with Crippen LogP contribution in [0.3, 0.4) is 0 Å². The molecular formula is C13H19N3O3. The van der Waals surface area contributed by atoms with Gasteiger partial charge in [0.05, 0.1) is 11.7 Å². The summed E-state index contributed by atoms with van der Waals surface area (Å²) in [6, 6.07) is 1.47. The van der Waals surface area contributed by atoms with Crippen molar-refractivity contribution in [1.29, 1.82) is 0 Å². The molecule has 0 aromatic carbocycles. The van der Waals surface area contributed by atoms with Gasteiger partial charge in [0.25, 0.3) is 0 Å². The molecule has 1 aliphatic rings. The Morgan fingerprint density at radius 3 is 2.79 bits per heavy atom. The summed E-state index contributed by atoms with van der Waals surface area (Å²) in [6.07, 6.45) is 0.0566. The Hall–Kier alpha value is -1.69. The minimum absolute atomic E-state index is 0.0273. The number of carbonyl (C=O) groups is 1. The zero-order chi connectivity index (χ0) is 14.2. The summed E-state index contributed by atoms with van der Waals surface area (Å²) < 4.78 is 5.82. The maximum atomic E-state index is 11.0. The van der Waals surface area contributed by atoms with Gasteiger partial charge < -0.3 is 14.7 Å². The van der Waals surface area contributed by atoms with Crippen LogP contribution in [0, 0.1) is 6.92 Å². The maximum Gasteiger partial charge on any atom is 0.354 e. The molecule has 0 amide bonds. The van der Waals surface area contributed by atoms with Crippen LogP contribution in [0.2, 0.25) is 0 Å². The monoisotopic (exact) mass is 265 g/mol. The predicted molar refractivity (Wildman–Crippen MR) is 70.6 cm³/mol. The Bertz CT molecular complexity index is 502. The molecule has 2 heterocycles. The predicted octanol–water partition coefficient (Wildman–Crippen LogP) is 1.49. The smallest absolute Gasteiger partial charge is 0.354 e. The third kappa shape index (κ3) is 3.20. The number of carboxylic acid groups (broad SMARTS) is 1. The number of nitrogens with zero attached hydrogens (tertiary/aromatic N) is 3. The van der Waals surface area contributed by atoms with Crippen molar-refractivity contribution in [2.24, 2.45) is 0 Å². The summed E-state index contributed by atoms with van der Waals surface area (Å²) in [7, 11) is 0. The minimum atomic E-state index is -1.03. The quantitative estimate of drug-likeness (QED) is 0.873. The fraction of sp³-hybridized carbons (Fsp3) is 0.615. The molecule has 104 valence electrons. The topological polar surface area (TPSA) is 75.5 Å². The maximum absolute atomic E-state index is 11.0. The van der Waals surface area contributed by atoms with E-state index in [1.165, 1.54) is 6.07 Å². The van der Waals surface area contributed by atoms with E-state index in [1.54, 1.807) is 6.92 Å². The molecule has 1 saturated heterocycles. The molecule has 1 aromatic heterocycles. The summed E-state index contributed by atoms with van der Waals surface area (Å²) in [6.45, 7) is 9.06. The minimum Gasteiger partial charge on any atom is -0.477 e. The number of hydrogen-bond donors (Lipinski definition) is 1. The molecule has 0 bridgehead atoms. The number of morpholine rings is 1. The van der Waals surface area contributed by atoms with Gasteiger partial charge in [-0.2, -0.15) is 0 Å². The van der Waals surface area contributed by atoms with Crippen LogP contribution in [-0.2, 0) is 4.74 Å². The van der Waals surface area contributed by atoms with E-state index in [4.69, 9.17) is 9.84 Å². The van der Waals surface area contributed by atoms with Gasteiger partial charge in [0, 0.05) is 18.8 Å². The molecule has 6 nitrogen and oxygen atoms in total. The Balaban J connectivity index is 2.33. The van der Waals surface area contributed by atoms with Crippen LogP contribution in [0.5, 0.6) is 0 Å². The molecule has 1 aliphatic heterocycles. The zero-order valence-electron chi connectivity index (χ0n) is 11.7. The molecule has 6 heteroatoms. The molecular weight excluding hydrogens is 246 g/mol. The van der Waals surface area contributed by atoms with Gasteiger partial charge in [0.15, 0.2) is 5.69 Å². The van der Waals surface area contributed by atoms with Gasteiger partial charge in [-0.1, -0.05) is 0 Å². The van der Waals surface area contributed by atoms with Crippen molar-refractivity contribution < 1.29 is 14.6 Å². The Morgan fingerprint density at radius 2 is 2.21 bits per heavy atom. The van der Waals surface area contributed by atoms with Crippen molar-refractivity contribution in [2.45, 2.75) is 39.4 Å². The van der Waals surface area contributed by atoms with E-state index in [0.29, 0.717) is 24.7 Å². The lowest BCUT2D eigenvalue weighted by molar-refractivity contribution is -0.0753. The SMILES string of the molecule is Cc1cc(C(=O)O)nc(N2CC(C)OC(C)(C)C2)n1. The van der Waals surface area contributed by atoms with Crippen LogP contribution < -0.4 is 4.90 Å². The Kier molecular flexibility index (Phi) is 3.45. The summed E-state index contributed by atoms with van der Waals surface area (Å²) in [5, 5.41) is 9.05. The van der Waals surface area contributed by atoms with Crippen LogP contribution in [0.15, 0.2) is 6.07 Å². The van der Waals surface area contributed by atoms with Gasteiger partial charge in [0.2, 0.25) is 5.95 Å². The Labute approximate surface area is 112 Å². The van der Waals surface area contributed by atoms with Gasteiger partial charge in [-0.3, -0.25) is 0 Å². The number of rotatable bonds is 2. The molecule has 1 N–H and O–H groups in total. The van der Waals surface area contributed by atoms with E-state index in [0.717, 1.165) is 0 Å². The van der Waals surface area contributed by atoms with Crippen LogP contribution in [0.1, 0.15) is 37.0 Å². The highest BCUT2D eigenvalue weighted by Crippen LogP contribution is 2.24. The highest BCUT2D eigenvalue weighted by Gasteiger charge is 2.32. The number of anilines is 1. The van der Waals surface area contributed by atoms with Gasteiger partial charge in [-0.15, -0.1) is 0 Å². The second kappa shape index (κ2) is 4.77. The van der Waals surface area contributed by atoms with Crippen molar-refractivity contribution in [3.8, 4) is 0 Å². The molecule has 1 unspecified atom stereocenters. The average Bonchev–Trinajstić information content (AvgIpc) is 2.25. The van der Waals surface area contributed by atoms with Crippen LogP contribution >= 0.6 is 0 Å². The lowest BCUT2D eigenvalue weighted by Crippen LogP contribution is -2.52. The lowest BCUT2D eigenvalue weighted by Gasteiger charge is -2.41. The molecule has 2 rings (SSSR count). The van der Waals surface area contributed by atoms with Crippen molar-refractivity contribution >= 4 is 11.9 Å². The fourth-order valence-electron chi connectivity index (χ4n) is 2.41. The number of aryl methyl sites for hydroxylation is 1. The number of carboxylic acids is 1. The standard InChI is InChI=1S/C13H19N3O3/c1-8-5-10(11(17)18)15-12(14-8)16-6-9(2)19-13(3,4)7-16/h5,9H,6-7H2,1-4H3,(H,17,18). The molecule has 1 fully saturated rings. The molecule has 0 saturated carbocycles. The number of ether oxygens (including phenoxy) is 1. The van der Waals surface area contributed by atoms with Gasteiger partial charge in [-0.05, 0) is 33.8 Å². The van der Waals surface area contributed by atoms with Crippen molar-refractivity contribution in [1.82, 2.24) is 9.97 Å². The summed E-state index contributed by atoms with van der Waals surface area (Å²) >= 11 is 0. The van der Waals surface area contributed by atoms with E-state index < -0.39 is 5.97 Å². The van der Waals surface area contributed by atoms with E-state index in [2.05, 4.69) is 9.97 Å². The largest absolute Gasteiger partial charge is 0.477 e. The highest BCUT2D eigenvalue weighted by molar-refractivity contribution is 5.85. The van der Waals surface area contributed by atoms with Gasteiger partial charge in [0.1, 0.15) is 0 Å². The Morgan fingerprint density at radius 1 is 1.53 bits per heavy atom.